The number of amides is 1. The molecule has 2 aromatic rings. The van der Waals surface area contributed by atoms with Gasteiger partial charge in [0.2, 0.25) is 5.95 Å². The van der Waals surface area contributed by atoms with E-state index in [1.807, 2.05) is 45.0 Å². The molecule has 1 aromatic carbocycles. The summed E-state index contributed by atoms with van der Waals surface area (Å²) in [6, 6.07) is 10.2. The van der Waals surface area contributed by atoms with Crippen LogP contribution in [0, 0.1) is 34.5 Å². The summed E-state index contributed by atoms with van der Waals surface area (Å²) in [5, 5.41) is 20.4. The van der Waals surface area contributed by atoms with Crippen LogP contribution in [0.5, 0.6) is 0 Å². The first-order chi connectivity index (χ1) is 18.1. The Hall–Kier alpha value is -3.05. The third-order valence-corrected chi connectivity index (χ3v) is 8.44. The van der Waals surface area contributed by atoms with Crippen LogP contribution in [0.15, 0.2) is 30.5 Å². The lowest BCUT2D eigenvalue weighted by atomic mass is 9.48. The first-order valence-corrected chi connectivity index (χ1v) is 14.0. The topological polar surface area (TPSA) is 112 Å². The molecule has 0 saturated heterocycles. The maximum absolute atomic E-state index is 12.5. The number of benzene rings is 1. The Bertz CT molecular complexity index is 1210. The van der Waals surface area contributed by atoms with E-state index in [1.165, 1.54) is 6.42 Å². The second-order valence-electron chi connectivity index (χ2n) is 12.4. The van der Waals surface area contributed by atoms with Crippen molar-refractivity contribution in [1.29, 1.82) is 5.26 Å². The molecule has 8 nitrogen and oxygen atoms in total. The maximum atomic E-state index is 12.5. The number of carbonyl (C=O) groups excluding carboxylic acids is 1. The number of rotatable bonds is 8. The van der Waals surface area contributed by atoms with E-state index in [9.17, 15) is 10.1 Å². The predicted octanol–water partition coefficient (Wildman–Crippen LogP) is 5.79. The van der Waals surface area contributed by atoms with Gasteiger partial charge in [0, 0.05) is 24.2 Å². The molecule has 1 amide bonds. The molecule has 0 aliphatic heterocycles. The van der Waals surface area contributed by atoms with Crippen LogP contribution in [-0.2, 0) is 11.2 Å². The number of hydrogen-bond acceptors (Lipinski definition) is 7. The van der Waals surface area contributed by atoms with Crippen molar-refractivity contribution in [1.82, 2.24) is 15.3 Å². The number of carbonyl (C=O) groups is 1. The Morgan fingerprint density at radius 3 is 2.66 bits per heavy atom. The van der Waals surface area contributed by atoms with Gasteiger partial charge in [-0.1, -0.05) is 23.7 Å². The minimum absolute atomic E-state index is 0.153. The second-order valence-corrected chi connectivity index (χ2v) is 12.8. The van der Waals surface area contributed by atoms with Gasteiger partial charge in [-0.2, -0.15) is 10.2 Å². The Morgan fingerprint density at radius 1 is 1.21 bits per heavy atom. The lowest BCUT2D eigenvalue weighted by Gasteiger charge is -2.60. The van der Waals surface area contributed by atoms with Crippen LogP contribution in [0.4, 0.5) is 16.6 Å². The van der Waals surface area contributed by atoms with Crippen molar-refractivity contribution in [2.24, 2.45) is 23.2 Å². The SMILES string of the molecule is CC(C)(C)OC(=O)N[C@@H]1[C@@H]2CC3C[C@H]1C[C@@](CNc1nc(NCCc4cccc(Cl)c4)ncc1C#N)(C3)C2. The van der Waals surface area contributed by atoms with Gasteiger partial charge in [-0.3, -0.25) is 0 Å². The van der Waals surface area contributed by atoms with Crippen molar-refractivity contribution in [3.05, 3.63) is 46.6 Å². The molecule has 4 bridgehead atoms. The number of halogens is 1. The summed E-state index contributed by atoms with van der Waals surface area (Å²) in [7, 11) is 0. The zero-order chi connectivity index (χ0) is 26.9. The fraction of sp³-hybridized carbons (Fsp3) is 0.586. The molecule has 1 heterocycles. The molecule has 0 spiro atoms. The Balaban J connectivity index is 1.21. The molecular weight excluding hydrogens is 500 g/mol. The molecule has 202 valence electrons. The van der Waals surface area contributed by atoms with E-state index in [0.717, 1.165) is 49.2 Å². The highest BCUT2D eigenvalue weighted by atomic mass is 35.5. The first kappa shape index (κ1) is 26.6. The quantitative estimate of drug-likeness (QED) is 0.391. The number of nitrogens with zero attached hydrogens (tertiary/aromatic N) is 3. The van der Waals surface area contributed by atoms with E-state index in [1.54, 1.807) is 6.20 Å². The molecule has 4 saturated carbocycles. The number of anilines is 2. The minimum Gasteiger partial charge on any atom is -0.444 e. The fourth-order valence-corrected chi connectivity index (χ4v) is 7.27. The molecule has 0 radical (unpaired) electrons. The summed E-state index contributed by atoms with van der Waals surface area (Å²) >= 11 is 6.09. The molecule has 1 unspecified atom stereocenters. The zero-order valence-electron chi connectivity index (χ0n) is 22.4. The Labute approximate surface area is 229 Å². The van der Waals surface area contributed by atoms with Crippen molar-refractivity contribution in [3.8, 4) is 6.07 Å². The number of hydrogen-bond donors (Lipinski definition) is 3. The van der Waals surface area contributed by atoms with E-state index < -0.39 is 5.60 Å². The molecular formula is C29H37ClN6O2. The van der Waals surface area contributed by atoms with Gasteiger partial charge in [0.05, 0.1) is 6.20 Å². The molecule has 1 aromatic heterocycles. The smallest absolute Gasteiger partial charge is 0.407 e. The monoisotopic (exact) mass is 536 g/mol. The molecule has 5 atom stereocenters. The normalized spacial score (nSPS) is 27.4. The van der Waals surface area contributed by atoms with E-state index in [-0.39, 0.29) is 17.6 Å². The van der Waals surface area contributed by atoms with Gasteiger partial charge in [0.25, 0.3) is 0 Å². The zero-order valence-corrected chi connectivity index (χ0v) is 23.1. The van der Waals surface area contributed by atoms with Crippen LogP contribution >= 0.6 is 11.6 Å². The van der Waals surface area contributed by atoms with Crippen molar-refractivity contribution >= 4 is 29.5 Å². The first-order valence-electron chi connectivity index (χ1n) is 13.6. The number of nitrogens with one attached hydrogen (secondary N) is 3. The average molecular weight is 537 g/mol. The van der Waals surface area contributed by atoms with Crippen molar-refractivity contribution in [3.63, 3.8) is 0 Å². The predicted molar refractivity (Wildman–Crippen MR) is 148 cm³/mol. The second kappa shape index (κ2) is 10.6. The highest BCUT2D eigenvalue weighted by Gasteiger charge is 2.55. The third kappa shape index (κ3) is 6.15. The van der Waals surface area contributed by atoms with Gasteiger partial charge < -0.3 is 20.7 Å². The lowest BCUT2D eigenvalue weighted by molar-refractivity contribution is -0.0703. The largest absolute Gasteiger partial charge is 0.444 e. The molecule has 4 aliphatic carbocycles. The summed E-state index contributed by atoms with van der Waals surface area (Å²) in [6.07, 6.45) is 7.69. The van der Waals surface area contributed by atoms with Gasteiger partial charge in [-0.25, -0.2) is 9.78 Å². The van der Waals surface area contributed by atoms with E-state index in [4.69, 9.17) is 16.3 Å². The van der Waals surface area contributed by atoms with Crippen LogP contribution in [0.1, 0.15) is 64.0 Å². The van der Waals surface area contributed by atoms with Gasteiger partial charge in [0.15, 0.2) is 0 Å². The fourth-order valence-electron chi connectivity index (χ4n) is 7.05. The van der Waals surface area contributed by atoms with E-state index in [0.29, 0.717) is 41.6 Å². The maximum Gasteiger partial charge on any atom is 0.407 e. The number of aromatic nitrogens is 2. The van der Waals surface area contributed by atoms with Crippen LogP contribution in [0.2, 0.25) is 5.02 Å². The molecule has 4 aliphatic rings. The van der Waals surface area contributed by atoms with E-state index in [2.05, 4.69) is 32.0 Å². The Morgan fingerprint density at radius 2 is 1.97 bits per heavy atom. The van der Waals surface area contributed by atoms with Gasteiger partial charge in [-0.15, -0.1) is 0 Å². The van der Waals surface area contributed by atoms with Crippen molar-refractivity contribution in [2.75, 3.05) is 23.7 Å². The van der Waals surface area contributed by atoms with Gasteiger partial charge in [-0.05, 0) is 100 Å². The van der Waals surface area contributed by atoms with Crippen molar-refractivity contribution in [2.45, 2.75) is 70.9 Å². The van der Waals surface area contributed by atoms with E-state index >= 15 is 0 Å². The highest BCUT2D eigenvalue weighted by molar-refractivity contribution is 6.30. The molecule has 6 rings (SSSR count). The van der Waals surface area contributed by atoms with Crippen LogP contribution in [-0.4, -0.2) is 40.8 Å². The summed E-state index contributed by atoms with van der Waals surface area (Å²) in [5.41, 5.74) is 1.23. The number of nitriles is 1. The summed E-state index contributed by atoms with van der Waals surface area (Å²) in [6.45, 7) is 7.11. The molecule has 4 fully saturated rings. The minimum atomic E-state index is -0.500. The third-order valence-electron chi connectivity index (χ3n) is 8.21. The summed E-state index contributed by atoms with van der Waals surface area (Å²) < 4.78 is 5.55. The highest BCUT2D eigenvalue weighted by Crippen LogP contribution is 2.60. The summed E-state index contributed by atoms with van der Waals surface area (Å²) in [5.74, 6) is 2.68. The number of alkyl carbamates (subject to hydrolysis) is 1. The van der Waals surface area contributed by atoms with Crippen LogP contribution in [0.25, 0.3) is 0 Å². The number of ether oxygens (including phenoxy) is 1. The van der Waals surface area contributed by atoms with Gasteiger partial charge in [0.1, 0.15) is 23.1 Å². The molecule has 38 heavy (non-hydrogen) atoms. The van der Waals surface area contributed by atoms with Crippen LogP contribution in [0.3, 0.4) is 0 Å². The van der Waals surface area contributed by atoms with Crippen molar-refractivity contribution < 1.29 is 9.53 Å². The lowest BCUT2D eigenvalue weighted by Crippen LogP contribution is -2.60. The van der Waals surface area contributed by atoms with Gasteiger partial charge >= 0.3 is 6.09 Å². The van der Waals surface area contributed by atoms with Crippen LogP contribution < -0.4 is 16.0 Å². The standard InChI is InChI=1S/C29H37ClN6O2/c1-28(2,3)38-27(37)35-24-20-9-19-10-21(24)14-29(12-19,13-20)17-34-25-22(15-31)16-33-26(36-25)32-8-7-18-5-4-6-23(30)11-18/h4-6,11,16,19-21,24H,7-10,12-14,17H2,1-3H3,(H,35,37)(H2,32,33,34,36)/t19?,20-,21+,24-,29-. The molecule has 9 heteroatoms. The molecule has 3 N–H and O–H groups in total. The summed E-state index contributed by atoms with van der Waals surface area (Å²) in [4.78, 5) is 21.5. The average Bonchev–Trinajstić information content (AvgIpc) is 2.84. The Kier molecular flexibility index (Phi) is 7.41.